The number of hydrogen-bond donors (Lipinski definition) is 1. The molecule has 2 aromatic rings. The van der Waals surface area contributed by atoms with E-state index in [2.05, 4.69) is 5.32 Å². The SMILES string of the molecule is CCCOc1ccc(/C=C(\C#N)C(=O)Nc2ccc(Cl)cc2Cl)cc1OC. The van der Waals surface area contributed by atoms with Gasteiger partial charge in [0.1, 0.15) is 11.6 Å². The summed E-state index contributed by atoms with van der Waals surface area (Å²) in [5.41, 5.74) is 0.919. The largest absolute Gasteiger partial charge is 0.493 e. The Kier molecular flexibility index (Phi) is 7.54. The number of ether oxygens (including phenoxy) is 2. The first kappa shape index (κ1) is 20.6. The maximum absolute atomic E-state index is 12.4. The van der Waals surface area contributed by atoms with Crippen LogP contribution in [0, 0.1) is 11.3 Å². The molecule has 2 rings (SSSR count). The van der Waals surface area contributed by atoms with E-state index in [9.17, 15) is 10.1 Å². The van der Waals surface area contributed by atoms with Crippen LogP contribution in [0.1, 0.15) is 18.9 Å². The summed E-state index contributed by atoms with van der Waals surface area (Å²) in [6.45, 7) is 2.58. The first-order valence-corrected chi connectivity index (χ1v) is 8.93. The van der Waals surface area contributed by atoms with Gasteiger partial charge in [0.05, 0.1) is 24.4 Å². The Morgan fingerprint density at radius 2 is 2.00 bits per heavy atom. The Labute approximate surface area is 168 Å². The van der Waals surface area contributed by atoms with Crippen LogP contribution in [0.25, 0.3) is 6.08 Å². The van der Waals surface area contributed by atoms with E-state index < -0.39 is 5.91 Å². The molecule has 0 heterocycles. The van der Waals surface area contributed by atoms with Crippen molar-refractivity contribution in [1.29, 1.82) is 5.26 Å². The Morgan fingerprint density at radius 3 is 2.63 bits per heavy atom. The number of nitriles is 1. The topological polar surface area (TPSA) is 71.3 Å². The molecule has 0 bridgehead atoms. The fraction of sp³-hybridized carbons (Fsp3) is 0.200. The number of amides is 1. The minimum atomic E-state index is -0.577. The van der Waals surface area contributed by atoms with Gasteiger partial charge in [-0.25, -0.2) is 0 Å². The normalized spacial score (nSPS) is 10.9. The molecule has 0 fully saturated rings. The van der Waals surface area contributed by atoms with Crippen LogP contribution in [0.3, 0.4) is 0 Å². The highest BCUT2D eigenvalue weighted by Crippen LogP contribution is 2.29. The fourth-order valence-corrected chi connectivity index (χ4v) is 2.66. The lowest BCUT2D eigenvalue weighted by Crippen LogP contribution is -2.13. The Morgan fingerprint density at radius 1 is 1.22 bits per heavy atom. The third-order valence-corrected chi connectivity index (χ3v) is 4.05. The van der Waals surface area contributed by atoms with Gasteiger partial charge in [-0.3, -0.25) is 4.79 Å². The molecule has 0 spiro atoms. The lowest BCUT2D eigenvalue weighted by Gasteiger charge is -2.11. The quantitative estimate of drug-likeness (QED) is 0.499. The second-order valence-electron chi connectivity index (χ2n) is 5.51. The first-order chi connectivity index (χ1) is 13.0. The number of rotatable bonds is 7. The molecule has 2 aromatic carbocycles. The van der Waals surface area contributed by atoms with Gasteiger partial charge in [-0.2, -0.15) is 5.26 Å². The van der Waals surface area contributed by atoms with Gasteiger partial charge in [0, 0.05) is 5.02 Å². The first-order valence-electron chi connectivity index (χ1n) is 8.17. The van der Waals surface area contributed by atoms with Gasteiger partial charge in [0.2, 0.25) is 0 Å². The molecule has 140 valence electrons. The van der Waals surface area contributed by atoms with Gasteiger partial charge in [0.15, 0.2) is 11.5 Å². The van der Waals surface area contributed by atoms with Gasteiger partial charge in [-0.15, -0.1) is 0 Å². The van der Waals surface area contributed by atoms with Crippen molar-refractivity contribution < 1.29 is 14.3 Å². The molecule has 7 heteroatoms. The monoisotopic (exact) mass is 404 g/mol. The fourth-order valence-electron chi connectivity index (χ4n) is 2.20. The molecule has 1 N–H and O–H groups in total. The van der Waals surface area contributed by atoms with E-state index >= 15 is 0 Å². The predicted octanol–water partition coefficient (Wildman–Crippen LogP) is 5.34. The van der Waals surface area contributed by atoms with Crippen molar-refractivity contribution in [3.8, 4) is 17.6 Å². The molecule has 0 saturated heterocycles. The number of hydrogen-bond acceptors (Lipinski definition) is 4. The Bertz CT molecular complexity index is 905. The molecule has 0 saturated carbocycles. The van der Waals surface area contributed by atoms with Crippen molar-refractivity contribution in [3.05, 3.63) is 57.6 Å². The van der Waals surface area contributed by atoms with Crippen LogP contribution in [-0.4, -0.2) is 19.6 Å². The van der Waals surface area contributed by atoms with Crippen LogP contribution in [0.5, 0.6) is 11.5 Å². The summed E-state index contributed by atoms with van der Waals surface area (Å²) >= 11 is 11.9. The van der Waals surface area contributed by atoms with Crippen molar-refractivity contribution in [3.63, 3.8) is 0 Å². The second kappa shape index (κ2) is 9.86. The lowest BCUT2D eigenvalue weighted by atomic mass is 10.1. The summed E-state index contributed by atoms with van der Waals surface area (Å²) in [7, 11) is 1.53. The van der Waals surface area contributed by atoms with Crippen LogP contribution in [0.4, 0.5) is 5.69 Å². The van der Waals surface area contributed by atoms with Crippen molar-refractivity contribution >= 4 is 40.9 Å². The van der Waals surface area contributed by atoms with Gasteiger partial charge in [0.25, 0.3) is 5.91 Å². The molecule has 27 heavy (non-hydrogen) atoms. The smallest absolute Gasteiger partial charge is 0.266 e. The zero-order valence-corrected chi connectivity index (χ0v) is 16.4. The highest BCUT2D eigenvalue weighted by atomic mass is 35.5. The minimum Gasteiger partial charge on any atom is -0.493 e. The molecule has 0 aliphatic carbocycles. The van der Waals surface area contributed by atoms with E-state index in [-0.39, 0.29) is 10.6 Å². The highest BCUT2D eigenvalue weighted by Gasteiger charge is 2.13. The highest BCUT2D eigenvalue weighted by molar-refractivity contribution is 6.36. The van der Waals surface area contributed by atoms with Gasteiger partial charge in [-0.05, 0) is 48.4 Å². The number of halogens is 2. The lowest BCUT2D eigenvalue weighted by molar-refractivity contribution is -0.112. The van der Waals surface area contributed by atoms with Crippen LogP contribution >= 0.6 is 23.2 Å². The van der Waals surface area contributed by atoms with Crippen LogP contribution < -0.4 is 14.8 Å². The molecule has 5 nitrogen and oxygen atoms in total. The van der Waals surface area contributed by atoms with E-state index in [1.165, 1.54) is 19.3 Å². The average molecular weight is 405 g/mol. The van der Waals surface area contributed by atoms with Crippen molar-refractivity contribution in [2.75, 3.05) is 19.0 Å². The number of benzene rings is 2. The summed E-state index contributed by atoms with van der Waals surface area (Å²) in [5, 5.41) is 12.7. The zero-order valence-electron chi connectivity index (χ0n) is 14.9. The zero-order chi connectivity index (χ0) is 19.8. The van der Waals surface area contributed by atoms with Crippen molar-refractivity contribution in [1.82, 2.24) is 0 Å². The Hall–Kier alpha value is -2.68. The van der Waals surface area contributed by atoms with E-state index in [1.807, 2.05) is 13.0 Å². The maximum atomic E-state index is 12.4. The predicted molar refractivity (Wildman–Crippen MR) is 107 cm³/mol. The summed E-state index contributed by atoms with van der Waals surface area (Å²) in [5.74, 6) is 0.551. The molecule has 0 unspecified atom stereocenters. The third-order valence-electron chi connectivity index (χ3n) is 3.50. The summed E-state index contributed by atoms with van der Waals surface area (Å²) in [6.07, 6.45) is 2.34. The number of carbonyl (C=O) groups is 1. The molecular weight excluding hydrogens is 387 g/mol. The number of nitrogens with one attached hydrogen (secondary N) is 1. The van der Waals surface area contributed by atoms with Gasteiger partial charge >= 0.3 is 0 Å². The third kappa shape index (κ3) is 5.65. The van der Waals surface area contributed by atoms with Gasteiger partial charge in [-0.1, -0.05) is 36.2 Å². The van der Waals surface area contributed by atoms with Crippen molar-refractivity contribution in [2.24, 2.45) is 0 Å². The van der Waals surface area contributed by atoms with Gasteiger partial charge < -0.3 is 14.8 Å². The molecule has 0 aliphatic heterocycles. The molecular formula is C20H18Cl2N2O3. The van der Waals surface area contributed by atoms with E-state index in [4.69, 9.17) is 32.7 Å². The number of methoxy groups -OCH3 is 1. The van der Waals surface area contributed by atoms with Crippen LogP contribution in [0.15, 0.2) is 42.0 Å². The number of carbonyl (C=O) groups excluding carboxylic acids is 1. The molecule has 0 aromatic heterocycles. The maximum Gasteiger partial charge on any atom is 0.266 e. The molecule has 0 radical (unpaired) electrons. The van der Waals surface area contributed by atoms with Crippen molar-refractivity contribution in [2.45, 2.75) is 13.3 Å². The average Bonchev–Trinajstić information content (AvgIpc) is 2.66. The second-order valence-corrected chi connectivity index (χ2v) is 6.35. The molecule has 0 atom stereocenters. The summed E-state index contributed by atoms with van der Waals surface area (Å²) in [4.78, 5) is 12.4. The Balaban J connectivity index is 2.24. The van der Waals surface area contributed by atoms with Crippen LogP contribution in [0.2, 0.25) is 10.0 Å². The van der Waals surface area contributed by atoms with E-state index in [0.717, 1.165) is 6.42 Å². The number of nitrogens with zero attached hydrogens (tertiary/aromatic N) is 1. The van der Waals surface area contributed by atoms with E-state index in [1.54, 1.807) is 30.3 Å². The molecule has 0 aliphatic rings. The van der Waals surface area contributed by atoms with Crippen LogP contribution in [-0.2, 0) is 4.79 Å². The summed E-state index contributed by atoms with van der Waals surface area (Å²) < 4.78 is 10.9. The standard InChI is InChI=1S/C20H18Cl2N2O3/c1-3-8-27-18-7-4-13(10-19(18)26-2)9-14(12-23)20(25)24-17-6-5-15(21)11-16(17)22/h4-7,9-11H,3,8H2,1-2H3,(H,24,25)/b14-9+. The van der Waals surface area contributed by atoms with E-state index in [0.29, 0.717) is 34.4 Å². The minimum absolute atomic E-state index is 0.0784. The number of anilines is 1. The summed E-state index contributed by atoms with van der Waals surface area (Å²) in [6, 6.07) is 11.8. The molecule has 1 amide bonds.